The summed E-state index contributed by atoms with van der Waals surface area (Å²) in [4.78, 5) is 4.23. The van der Waals surface area contributed by atoms with Gasteiger partial charge < -0.3 is 4.74 Å². The van der Waals surface area contributed by atoms with Gasteiger partial charge in [-0.2, -0.15) is 17.0 Å². The van der Waals surface area contributed by atoms with Crippen LogP contribution >= 0.6 is 0 Å². The van der Waals surface area contributed by atoms with Crippen LogP contribution in [-0.4, -0.2) is 55.4 Å². The lowest BCUT2D eigenvalue weighted by atomic mass is 10.2. The molecule has 1 aromatic heterocycles. The van der Waals surface area contributed by atoms with Gasteiger partial charge in [0.25, 0.3) is 10.2 Å². The molecule has 1 saturated carbocycles. The van der Waals surface area contributed by atoms with E-state index >= 15 is 0 Å². The Kier molecular flexibility index (Phi) is 5.91. The van der Waals surface area contributed by atoms with Crippen molar-refractivity contribution < 1.29 is 13.2 Å². The number of ether oxygens (including phenoxy) is 1. The third kappa shape index (κ3) is 4.25. The van der Waals surface area contributed by atoms with Crippen molar-refractivity contribution in [3.63, 3.8) is 0 Å². The molecule has 0 bridgehead atoms. The molecule has 0 radical (unpaired) electrons. The molecule has 7 heteroatoms. The third-order valence-electron chi connectivity index (χ3n) is 4.18. The lowest BCUT2D eigenvalue weighted by molar-refractivity contribution is 0.172. The van der Waals surface area contributed by atoms with E-state index in [1.165, 1.54) is 8.61 Å². The Balaban J connectivity index is 2.15. The van der Waals surface area contributed by atoms with Crippen LogP contribution in [0.5, 0.6) is 0 Å². The van der Waals surface area contributed by atoms with Gasteiger partial charge in [-0.15, -0.1) is 0 Å². The van der Waals surface area contributed by atoms with Crippen LogP contribution in [0.1, 0.15) is 25.5 Å². The number of aromatic nitrogens is 1. The lowest BCUT2D eigenvalue weighted by Crippen LogP contribution is -2.47. The van der Waals surface area contributed by atoms with E-state index < -0.39 is 10.2 Å². The minimum absolute atomic E-state index is 0.0266. The van der Waals surface area contributed by atoms with Crippen LogP contribution in [0, 0.1) is 5.92 Å². The summed E-state index contributed by atoms with van der Waals surface area (Å²) in [5.41, 5.74) is 0.731. The first-order chi connectivity index (χ1) is 10.5. The molecule has 1 aromatic rings. The highest BCUT2D eigenvalue weighted by atomic mass is 32.2. The molecule has 1 fully saturated rings. The molecule has 1 atom stereocenters. The summed E-state index contributed by atoms with van der Waals surface area (Å²) >= 11 is 0. The van der Waals surface area contributed by atoms with Crippen molar-refractivity contribution in [1.29, 1.82) is 0 Å². The fourth-order valence-corrected chi connectivity index (χ4v) is 3.97. The predicted octanol–water partition coefficient (Wildman–Crippen LogP) is 1.51. The van der Waals surface area contributed by atoms with E-state index in [1.54, 1.807) is 20.4 Å². The van der Waals surface area contributed by atoms with Crippen LogP contribution in [0.15, 0.2) is 24.4 Å². The number of hydrogen-bond acceptors (Lipinski definition) is 4. The maximum atomic E-state index is 12.9. The van der Waals surface area contributed by atoms with E-state index in [4.69, 9.17) is 4.74 Å². The molecule has 1 aliphatic carbocycles. The lowest BCUT2D eigenvalue weighted by Gasteiger charge is -2.31. The van der Waals surface area contributed by atoms with E-state index in [0.29, 0.717) is 19.1 Å². The SMILES string of the molecule is COCCN(Cc1ccccn1)S(=O)(=O)N(C)C(C)C1CC1. The van der Waals surface area contributed by atoms with Crippen molar-refractivity contribution in [3.8, 4) is 0 Å². The topological polar surface area (TPSA) is 62.7 Å². The molecular weight excluding hydrogens is 302 g/mol. The summed E-state index contributed by atoms with van der Waals surface area (Å²) in [7, 11) is -0.294. The summed E-state index contributed by atoms with van der Waals surface area (Å²) in [6.07, 6.45) is 3.89. The van der Waals surface area contributed by atoms with Crippen molar-refractivity contribution in [2.45, 2.75) is 32.4 Å². The first kappa shape index (κ1) is 17.3. The van der Waals surface area contributed by atoms with Crippen molar-refractivity contribution in [3.05, 3.63) is 30.1 Å². The second-order valence-electron chi connectivity index (χ2n) is 5.75. The maximum Gasteiger partial charge on any atom is 0.282 e. The normalized spacial score (nSPS) is 17.1. The van der Waals surface area contributed by atoms with Crippen molar-refractivity contribution in [2.24, 2.45) is 5.92 Å². The highest BCUT2D eigenvalue weighted by Crippen LogP contribution is 2.35. The number of hydrogen-bond donors (Lipinski definition) is 0. The van der Waals surface area contributed by atoms with Gasteiger partial charge in [0.15, 0.2) is 0 Å². The first-order valence-corrected chi connectivity index (χ1v) is 8.98. The smallest absolute Gasteiger partial charge is 0.282 e. The molecular formula is C15H25N3O3S. The molecule has 124 valence electrons. The number of rotatable bonds is 9. The Hall–Kier alpha value is -1.02. The highest BCUT2D eigenvalue weighted by molar-refractivity contribution is 7.86. The van der Waals surface area contributed by atoms with Crippen LogP contribution < -0.4 is 0 Å². The summed E-state index contributed by atoms with van der Waals surface area (Å²) in [6, 6.07) is 5.54. The molecule has 22 heavy (non-hydrogen) atoms. The minimum Gasteiger partial charge on any atom is -0.383 e. The van der Waals surface area contributed by atoms with E-state index in [-0.39, 0.29) is 12.6 Å². The van der Waals surface area contributed by atoms with Gasteiger partial charge in [-0.3, -0.25) is 4.98 Å². The van der Waals surface area contributed by atoms with Crippen LogP contribution in [0.25, 0.3) is 0 Å². The molecule has 2 rings (SSSR count). The van der Waals surface area contributed by atoms with Gasteiger partial charge in [-0.05, 0) is 37.8 Å². The van der Waals surface area contributed by atoms with Crippen molar-refractivity contribution in [2.75, 3.05) is 27.3 Å². The molecule has 1 unspecified atom stereocenters. The molecule has 0 N–H and O–H groups in total. The van der Waals surface area contributed by atoms with E-state index in [0.717, 1.165) is 18.5 Å². The third-order valence-corrected chi connectivity index (χ3v) is 6.20. The molecule has 0 saturated heterocycles. The number of methoxy groups -OCH3 is 1. The monoisotopic (exact) mass is 327 g/mol. The summed E-state index contributed by atoms with van der Waals surface area (Å²) in [5.74, 6) is 0.485. The molecule has 6 nitrogen and oxygen atoms in total. The first-order valence-electron chi connectivity index (χ1n) is 7.58. The second-order valence-corrected chi connectivity index (χ2v) is 7.74. The minimum atomic E-state index is -3.53. The Labute approximate surface area is 133 Å². The van der Waals surface area contributed by atoms with Gasteiger partial charge in [0.2, 0.25) is 0 Å². The summed E-state index contributed by atoms with van der Waals surface area (Å²) in [5, 5.41) is 0. The van der Waals surface area contributed by atoms with Crippen LogP contribution in [0.2, 0.25) is 0 Å². The zero-order valence-corrected chi connectivity index (χ0v) is 14.3. The van der Waals surface area contributed by atoms with Gasteiger partial charge in [0, 0.05) is 32.9 Å². The predicted molar refractivity (Wildman–Crippen MR) is 85.4 cm³/mol. The Morgan fingerprint density at radius 3 is 2.68 bits per heavy atom. The number of pyridine rings is 1. The van der Waals surface area contributed by atoms with Gasteiger partial charge >= 0.3 is 0 Å². The van der Waals surface area contributed by atoms with Crippen LogP contribution in [0.4, 0.5) is 0 Å². The zero-order valence-electron chi connectivity index (χ0n) is 13.5. The molecule has 0 aromatic carbocycles. The van der Waals surface area contributed by atoms with Gasteiger partial charge in [-0.1, -0.05) is 6.07 Å². The molecule has 1 aliphatic rings. The molecule has 0 aliphatic heterocycles. The van der Waals surface area contributed by atoms with E-state index in [9.17, 15) is 8.42 Å². The fraction of sp³-hybridized carbons (Fsp3) is 0.667. The number of nitrogens with zero attached hydrogens (tertiary/aromatic N) is 3. The zero-order chi connectivity index (χ0) is 16.2. The van der Waals surface area contributed by atoms with Crippen molar-refractivity contribution >= 4 is 10.2 Å². The average molecular weight is 327 g/mol. The largest absolute Gasteiger partial charge is 0.383 e. The molecule has 1 heterocycles. The maximum absolute atomic E-state index is 12.9. The second kappa shape index (κ2) is 7.50. The summed E-state index contributed by atoms with van der Waals surface area (Å²) in [6.45, 7) is 2.91. The Morgan fingerprint density at radius 2 is 2.14 bits per heavy atom. The van der Waals surface area contributed by atoms with Crippen LogP contribution in [0.3, 0.4) is 0 Å². The van der Waals surface area contributed by atoms with Gasteiger partial charge in [0.1, 0.15) is 0 Å². The van der Waals surface area contributed by atoms with E-state index in [2.05, 4.69) is 4.98 Å². The standard InChI is InChI=1S/C15H25N3O3S/c1-13(14-7-8-14)17(2)22(19,20)18(10-11-21-3)12-15-6-4-5-9-16-15/h4-6,9,13-14H,7-8,10-12H2,1-3H3. The Bertz CT molecular complexity index is 561. The molecule has 0 amide bonds. The average Bonchev–Trinajstić information content (AvgIpc) is 3.35. The van der Waals surface area contributed by atoms with Gasteiger partial charge in [0.05, 0.1) is 18.8 Å². The molecule has 0 spiro atoms. The quantitative estimate of drug-likeness (QED) is 0.690. The van der Waals surface area contributed by atoms with E-state index in [1.807, 2.05) is 25.1 Å². The Morgan fingerprint density at radius 1 is 1.41 bits per heavy atom. The summed E-state index contributed by atoms with van der Waals surface area (Å²) < 4.78 is 33.8. The van der Waals surface area contributed by atoms with Crippen molar-refractivity contribution in [1.82, 2.24) is 13.6 Å². The fourth-order valence-electron chi connectivity index (χ4n) is 2.41. The van der Waals surface area contributed by atoms with Crippen LogP contribution in [-0.2, 0) is 21.5 Å². The highest BCUT2D eigenvalue weighted by Gasteiger charge is 2.37. The van der Waals surface area contributed by atoms with Gasteiger partial charge in [-0.25, -0.2) is 0 Å².